The number of allylic oxidation sites excluding steroid dienone is 1. The molecular formula is C59H79N9O7. The van der Waals surface area contributed by atoms with Crippen LogP contribution in [0.15, 0.2) is 91.8 Å². The fraction of sp³-hybridized carbons (Fsp3) is 0.525. The average Bonchev–Trinajstić information content (AvgIpc) is 3.74. The van der Waals surface area contributed by atoms with Crippen molar-refractivity contribution in [2.75, 3.05) is 20.6 Å². The number of para-hydroxylation sites is 1. The number of hydrogen-bond donors (Lipinski definition) is 4. The molecule has 2 aliphatic heterocycles. The molecule has 402 valence electrons. The van der Waals surface area contributed by atoms with E-state index in [1.807, 2.05) is 121 Å². The summed E-state index contributed by atoms with van der Waals surface area (Å²) in [5.41, 5.74) is 1.65. The highest BCUT2D eigenvalue weighted by atomic mass is 16.2. The topological polar surface area (TPSA) is 195 Å². The summed E-state index contributed by atoms with van der Waals surface area (Å²) in [6, 6.07) is 9.45. The van der Waals surface area contributed by atoms with Gasteiger partial charge in [0.1, 0.15) is 42.3 Å². The van der Waals surface area contributed by atoms with E-state index in [2.05, 4.69) is 37.4 Å². The molecule has 7 amide bonds. The summed E-state index contributed by atoms with van der Waals surface area (Å²) in [6.07, 6.45) is 13.4. The van der Waals surface area contributed by atoms with Crippen LogP contribution < -0.4 is 21.3 Å². The number of likely N-dealkylation sites (N-methyl/N-ethyl adjacent to an activating group) is 2. The van der Waals surface area contributed by atoms with Crippen LogP contribution >= 0.6 is 0 Å². The molecule has 0 spiro atoms. The van der Waals surface area contributed by atoms with Gasteiger partial charge in [-0.3, -0.25) is 38.5 Å². The zero-order valence-electron chi connectivity index (χ0n) is 45.4. The monoisotopic (exact) mass is 1030 g/mol. The number of fused-ring (bicyclic) bond motifs is 4. The van der Waals surface area contributed by atoms with Crippen molar-refractivity contribution in [3.63, 3.8) is 0 Å². The third kappa shape index (κ3) is 13.2. The lowest BCUT2D eigenvalue weighted by Gasteiger charge is -2.39. The van der Waals surface area contributed by atoms with Gasteiger partial charge in [-0.1, -0.05) is 108 Å². The summed E-state index contributed by atoms with van der Waals surface area (Å²) in [5, 5.41) is 14.6. The van der Waals surface area contributed by atoms with E-state index in [0.29, 0.717) is 18.5 Å². The Hall–Kier alpha value is -6.84. The van der Waals surface area contributed by atoms with Crippen molar-refractivity contribution in [3.05, 3.63) is 103 Å². The summed E-state index contributed by atoms with van der Waals surface area (Å²) in [6.45, 7) is 17.7. The van der Waals surface area contributed by atoms with Gasteiger partial charge in [-0.05, 0) is 93.7 Å². The maximum absolute atomic E-state index is 15.5. The molecule has 4 heterocycles. The van der Waals surface area contributed by atoms with E-state index in [-0.39, 0.29) is 56.4 Å². The molecule has 1 saturated carbocycles. The van der Waals surface area contributed by atoms with Crippen LogP contribution in [0.5, 0.6) is 0 Å². The van der Waals surface area contributed by atoms with Crippen molar-refractivity contribution in [3.8, 4) is 0 Å². The Labute approximate surface area is 442 Å². The van der Waals surface area contributed by atoms with E-state index in [1.165, 1.54) is 35.7 Å². The van der Waals surface area contributed by atoms with Crippen molar-refractivity contribution >= 4 is 63.0 Å². The molecule has 1 saturated heterocycles. The number of amides is 7. The maximum atomic E-state index is 15.5. The highest BCUT2D eigenvalue weighted by molar-refractivity contribution is 5.99. The molecule has 2 fully saturated rings. The molecule has 7 rings (SSSR count). The number of nitrogens with one attached hydrogen (secondary N) is 4. The van der Waals surface area contributed by atoms with Gasteiger partial charge in [-0.25, -0.2) is 0 Å². The average molecular weight is 1030 g/mol. The van der Waals surface area contributed by atoms with Crippen molar-refractivity contribution in [1.29, 1.82) is 0 Å². The fourth-order valence-electron chi connectivity index (χ4n) is 10.7. The van der Waals surface area contributed by atoms with Crippen molar-refractivity contribution < 1.29 is 33.6 Å². The quantitative estimate of drug-likeness (QED) is 0.118. The summed E-state index contributed by atoms with van der Waals surface area (Å²) < 4.78 is 2.09. The molecular weight excluding hydrogens is 947 g/mol. The second kappa shape index (κ2) is 24.2. The summed E-state index contributed by atoms with van der Waals surface area (Å²) in [7, 11) is 3.06. The molecule has 3 aliphatic rings. The molecule has 0 radical (unpaired) electrons. The second-order valence-corrected chi connectivity index (χ2v) is 22.5. The Kier molecular flexibility index (Phi) is 18.1. The fourth-order valence-corrected chi connectivity index (χ4v) is 10.7. The minimum Gasteiger partial charge on any atom is -0.343 e. The van der Waals surface area contributed by atoms with Crippen molar-refractivity contribution in [1.82, 2.24) is 45.5 Å². The van der Waals surface area contributed by atoms with Crippen molar-refractivity contribution in [2.45, 2.75) is 161 Å². The minimum absolute atomic E-state index is 0.0288. The van der Waals surface area contributed by atoms with E-state index in [0.717, 1.165) is 46.5 Å². The Morgan fingerprint density at radius 2 is 1.35 bits per heavy atom. The standard InChI is InChI=1S/C59H79N9O7/c1-11-59(7,8)68-35-42(44-24-16-17-25-48(44)68)32-47-57(74)66(10)50(28-36(2)3)54(71)63-46(33-43-31-40-22-14-15-23-41(40)34-60-43)52(69)61-38(6)56(73)65(9)49-26-13-12-18-27-67(58(49)75)51(29-37(4)5)55(72)62-45(53(70)64-47)30-39-20-19-21-39/h11-17,22-25,31,34-39,45-47,49-51H,1,18-21,26-30,32-33H2,2-10H3,(H,61,69)(H,62,72)(H,63,71)(H,64,70)/b13-12-/t38-,45-,46-,47-,49-,50-,51-/m0/s1. The predicted octanol–water partition coefficient (Wildman–Crippen LogP) is 6.35. The van der Waals surface area contributed by atoms with Gasteiger partial charge in [-0.2, -0.15) is 0 Å². The number of nitrogens with zero attached hydrogens (tertiary/aromatic N) is 5. The molecule has 75 heavy (non-hydrogen) atoms. The number of pyridine rings is 1. The summed E-state index contributed by atoms with van der Waals surface area (Å²) in [5.74, 6) is -3.90. The van der Waals surface area contributed by atoms with Gasteiger partial charge in [-0.15, -0.1) is 6.58 Å². The third-order valence-corrected chi connectivity index (χ3v) is 15.5. The largest absolute Gasteiger partial charge is 0.343 e. The van der Waals surface area contributed by atoms with E-state index in [4.69, 9.17) is 0 Å². The van der Waals surface area contributed by atoms with Crippen molar-refractivity contribution in [2.24, 2.45) is 17.8 Å². The van der Waals surface area contributed by atoms with Crippen LogP contribution in [0.2, 0.25) is 0 Å². The van der Waals surface area contributed by atoms with Crippen LogP contribution in [0.1, 0.15) is 111 Å². The Bertz CT molecular complexity index is 2790. The van der Waals surface area contributed by atoms with E-state index < -0.39 is 89.2 Å². The number of carbonyl (C=O) groups excluding carboxylic acids is 7. The Morgan fingerprint density at radius 3 is 2.03 bits per heavy atom. The van der Waals surface area contributed by atoms with Crippen LogP contribution in [0, 0.1) is 17.8 Å². The Morgan fingerprint density at radius 1 is 0.720 bits per heavy atom. The summed E-state index contributed by atoms with van der Waals surface area (Å²) >= 11 is 0. The molecule has 2 bridgehead atoms. The van der Waals surface area contributed by atoms with E-state index >= 15 is 14.4 Å². The van der Waals surface area contributed by atoms with Crippen LogP contribution in [0.25, 0.3) is 21.7 Å². The lowest BCUT2D eigenvalue weighted by Crippen LogP contribution is -2.61. The zero-order chi connectivity index (χ0) is 54.3. The van der Waals surface area contributed by atoms with Gasteiger partial charge in [0.15, 0.2) is 0 Å². The lowest BCUT2D eigenvalue weighted by molar-refractivity contribution is -0.150. The van der Waals surface area contributed by atoms with E-state index in [1.54, 1.807) is 6.20 Å². The number of aromatic nitrogens is 2. The smallest absolute Gasteiger partial charge is 0.246 e. The van der Waals surface area contributed by atoms with Crippen LogP contribution in [-0.2, 0) is 51.9 Å². The minimum atomic E-state index is -1.27. The molecule has 16 nitrogen and oxygen atoms in total. The number of carbonyl (C=O) groups is 7. The Balaban J connectivity index is 1.35. The highest BCUT2D eigenvalue weighted by Gasteiger charge is 2.42. The molecule has 4 N–H and O–H groups in total. The predicted molar refractivity (Wildman–Crippen MR) is 292 cm³/mol. The lowest BCUT2D eigenvalue weighted by atomic mass is 9.80. The maximum Gasteiger partial charge on any atom is 0.246 e. The first-order valence-electron chi connectivity index (χ1n) is 26.9. The number of hydrogen-bond acceptors (Lipinski definition) is 8. The molecule has 4 aromatic rings. The zero-order valence-corrected chi connectivity index (χ0v) is 45.4. The normalized spacial score (nSPS) is 25.0. The van der Waals surface area contributed by atoms with Gasteiger partial charge >= 0.3 is 0 Å². The van der Waals surface area contributed by atoms with Gasteiger partial charge in [0.05, 0.1) is 5.54 Å². The number of rotatable bonds is 12. The highest BCUT2D eigenvalue weighted by Crippen LogP contribution is 2.32. The summed E-state index contributed by atoms with van der Waals surface area (Å²) in [4.78, 5) is 114. The van der Waals surface area contributed by atoms with E-state index in [9.17, 15) is 19.2 Å². The SMILES string of the molecule is C=CC(C)(C)n1cc(C[C@@H]2NC(=O)[C@H](CC3CCC3)NC(=O)[C@H](CC(C)C)N3CC/C=C\C[C@@H](C3=O)N(C)C(=O)[C@H](C)NC(=O)[C@H](Cc3cc4ccccc4cn3)NC(=O)[C@H](CC(C)C)N(C)C2=O)c2ccccc21. The molecule has 1 aliphatic carbocycles. The molecule has 7 atom stereocenters. The van der Waals surface area contributed by atoms with Crippen LogP contribution in [0.4, 0.5) is 0 Å². The first-order valence-corrected chi connectivity index (χ1v) is 26.9. The molecule has 0 unspecified atom stereocenters. The van der Waals surface area contributed by atoms with Gasteiger partial charge in [0.25, 0.3) is 0 Å². The molecule has 16 heteroatoms. The number of benzene rings is 2. The van der Waals surface area contributed by atoms with Crippen LogP contribution in [-0.4, -0.2) is 129 Å². The molecule has 2 aromatic carbocycles. The van der Waals surface area contributed by atoms with Crippen LogP contribution in [0.3, 0.4) is 0 Å². The second-order valence-electron chi connectivity index (χ2n) is 22.5. The van der Waals surface area contributed by atoms with Gasteiger partial charge < -0.3 is 40.5 Å². The van der Waals surface area contributed by atoms with Gasteiger partial charge in [0.2, 0.25) is 41.4 Å². The van der Waals surface area contributed by atoms with Gasteiger partial charge in [0, 0.05) is 67.9 Å². The molecule has 2 aromatic heterocycles. The third-order valence-electron chi connectivity index (χ3n) is 15.5. The first-order chi connectivity index (χ1) is 35.7. The first kappa shape index (κ1) is 55.9.